The van der Waals surface area contributed by atoms with Gasteiger partial charge in [0.05, 0.1) is 15.6 Å². The van der Waals surface area contributed by atoms with Crippen molar-refractivity contribution < 1.29 is 13.2 Å². The molecule has 0 amide bonds. The second-order valence-electron chi connectivity index (χ2n) is 4.30. The summed E-state index contributed by atoms with van der Waals surface area (Å²) in [6.07, 6.45) is -4.47. The van der Waals surface area contributed by atoms with Crippen LogP contribution in [0.15, 0.2) is 30.3 Å². The first-order valence-electron chi connectivity index (χ1n) is 5.64. The molecule has 0 aliphatic rings. The summed E-state index contributed by atoms with van der Waals surface area (Å²) >= 11 is 23.4. The number of hydrogen-bond acceptors (Lipinski definition) is 0. The molecule has 0 fully saturated rings. The molecule has 2 rings (SSSR count). The highest BCUT2D eigenvalue weighted by Gasteiger charge is 2.31. The van der Waals surface area contributed by atoms with Gasteiger partial charge in [-0.1, -0.05) is 34.8 Å². The first-order valence-corrected chi connectivity index (χ1v) is 7.31. The maximum atomic E-state index is 12.9. The Morgan fingerprint density at radius 3 is 2.00 bits per heavy atom. The molecular weight excluding hydrogens is 367 g/mol. The van der Waals surface area contributed by atoms with E-state index in [0.717, 1.165) is 12.1 Å². The monoisotopic (exact) mass is 372 g/mol. The van der Waals surface area contributed by atoms with Crippen molar-refractivity contribution >= 4 is 46.4 Å². The fraction of sp³-hybridized carbons (Fsp3) is 0.143. The summed E-state index contributed by atoms with van der Waals surface area (Å²) in [5.41, 5.74) is 0.189. The average Bonchev–Trinajstić information content (AvgIpc) is 2.41. The molecule has 0 atom stereocenters. The Morgan fingerprint density at radius 2 is 1.43 bits per heavy atom. The van der Waals surface area contributed by atoms with Crippen LogP contribution in [0.4, 0.5) is 13.2 Å². The van der Waals surface area contributed by atoms with E-state index in [-0.39, 0.29) is 26.5 Å². The van der Waals surface area contributed by atoms with Crippen molar-refractivity contribution in [2.45, 2.75) is 12.1 Å². The van der Waals surface area contributed by atoms with Gasteiger partial charge >= 0.3 is 6.18 Å². The Morgan fingerprint density at radius 1 is 0.810 bits per heavy atom. The van der Waals surface area contributed by atoms with E-state index >= 15 is 0 Å². The topological polar surface area (TPSA) is 0 Å². The Hall–Kier alpha value is -0.610. The smallest absolute Gasteiger partial charge is 0.166 e. The van der Waals surface area contributed by atoms with E-state index in [1.165, 1.54) is 18.2 Å². The highest BCUT2D eigenvalue weighted by Crippen LogP contribution is 2.38. The van der Waals surface area contributed by atoms with Crippen molar-refractivity contribution in [2.75, 3.05) is 0 Å². The second kappa shape index (κ2) is 6.25. The van der Waals surface area contributed by atoms with Gasteiger partial charge in [-0.25, -0.2) is 0 Å². The minimum atomic E-state index is -4.47. The predicted molar refractivity (Wildman–Crippen MR) is 81.5 cm³/mol. The van der Waals surface area contributed by atoms with Crippen molar-refractivity contribution in [3.05, 3.63) is 56.5 Å². The van der Waals surface area contributed by atoms with E-state index in [0.29, 0.717) is 11.1 Å². The van der Waals surface area contributed by atoms with E-state index in [1.54, 1.807) is 0 Å². The molecular formula is C14H7Cl4F3. The fourth-order valence-corrected chi connectivity index (χ4v) is 2.64. The molecule has 0 saturated heterocycles. The van der Waals surface area contributed by atoms with Crippen LogP contribution in [0.3, 0.4) is 0 Å². The van der Waals surface area contributed by atoms with E-state index < -0.39 is 11.7 Å². The molecule has 0 spiro atoms. The maximum absolute atomic E-state index is 12.9. The summed E-state index contributed by atoms with van der Waals surface area (Å²) < 4.78 is 38.8. The molecule has 2 aromatic carbocycles. The van der Waals surface area contributed by atoms with Gasteiger partial charge in [-0.15, -0.1) is 11.6 Å². The predicted octanol–water partition coefficient (Wildman–Crippen LogP) is 7.07. The number of halogens is 7. The minimum absolute atomic E-state index is 0.0458. The van der Waals surface area contributed by atoms with Gasteiger partial charge in [0.25, 0.3) is 0 Å². The summed E-state index contributed by atoms with van der Waals surface area (Å²) in [5, 5.41) is 0.653. The van der Waals surface area contributed by atoms with Gasteiger partial charge in [-0.05, 0) is 41.5 Å². The Bertz CT molecular complexity index is 681. The van der Waals surface area contributed by atoms with Crippen LogP contribution in [0, 0.1) is 0 Å². The van der Waals surface area contributed by atoms with Gasteiger partial charge in [0.15, 0.2) is 0 Å². The normalized spacial score (nSPS) is 11.8. The molecule has 0 bridgehead atoms. The minimum Gasteiger partial charge on any atom is -0.166 e. The molecule has 7 heteroatoms. The zero-order valence-corrected chi connectivity index (χ0v) is 13.3. The van der Waals surface area contributed by atoms with Gasteiger partial charge in [0.1, 0.15) is 0 Å². The maximum Gasteiger partial charge on any atom is 0.416 e. The average molecular weight is 374 g/mol. The third-order valence-corrected chi connectivity index (χ3v) is 4.14. The summed E-state index contributed by atoms with van der Waals surface area (Å²) in [7, 11) is 0. The molecule has 0 unspecified atom stereocenters. The van der Waals surface area contributed by atoms with Gasteiger partial charge in [0.2, 0.25) is 0 Å². The molecule has 0 heterocycles. The van der Waals surface area contributed by atoms with E-state index in [4.69, 9.17) is 46.4 Å². The highest BCUT2D eigenvalue weighted by molar-refractivity contribution is 6.44. The largest absolute Gasteiger partial charge is 0.416 e. The molecule has 0 aromatic heterocycles. The summed E-state index contributed by atoms with van der Waals surface area (Å²) in [6.45, 7) is 0. The van der Waals surface area contributed by atoms with Crippen LogP contribution < -0.4 is 0 Å². The highest BCUT2D eigenvalue weighted by atomic mass is 35.5. The third kappa shape index (κ3) is 3.78. The zero-order chi connectivity index (χ0) is 15.8. The van der Waals surface area contributed by atoms with Crippen LogP contribution in [0.1, 0.15) is 11.1 Å². The summed E-state index contributed by atoms with van der Waals surface area (Å²) in [6, 6.07) is 6.36. The molecule has 0 saturated carbocycles. The summed E-state index contributed by atoms with van der Waals surface area (Å²) in [5.74, 6) is -0.0458. The van der Waals surface area contributed by atoms with Crippen molar-refractivity contribution in [3.63, 3.8) is 0 Å². The van der Waals surface area contributed by atoms with Crippen LogP contribution >= 0.6 is 46.4 Å². The van der Waals surface area contributed by atoms with E-state index in [9.17, 15) is 13.2 Å². The number of benzene rings is 2. The van der Waals surface area contributed by atoms with Gasteiger partial charge in [-0.3, -0.25) is 0 Å². The van der Waals surface area contributed by atoms with Crippen molar-refractivity contribution in [1.29, 1.82) is 0 Å². The van der Waals surface area contributed by atoms with Gasteiger partial charge in [0, 0.05) is 16.5 Å². The molecule has 112 valence electrons. The zero-order valence-electron chi connectivity index (χ0n) is 10.2. The second-order valence-corrected chi connectivity index (χ2v) is 5.79. The first-order chi connectivity index (χ1) is 9.72. The van der Waals surface area contributed by atoms with Crippen molar-refractivity contribution in [1.82, 2.24) is 0 Å². The van der Waals surface area contributed by atoms with E-state index in [1.807, 2.05) is 0 Å². The fourth-order valence-electron chi connectivity index (χ4n) is 1.83. The molecule has 0 aliphatic carbocycles. The SMILES string of the molecule is FC(F)(F)c1cc(CCl)cc(-c2cc(Cl)c(Cl)cc2Cl)c1. The molecule has 2 aromatic rings. The lowest BCUT2D eigenvalue weighted by atomic mass is 10.00. The van der Waals surface area contributed by atoms with Crippen LogP contribution in [-0.4, -0.2) is 0 Å². The molecule has 0 aliphatic heterocycles. The number of hydrogen-bond donors (Lipinski definition) is 0. The Labute approximate surface area is 139 Å². The van der Waals surface area contributed by atoms with Crippen LogP contribution in [0.5, 0.6) is 0 Å². The first kappa shape index (κ1) is 16.8. The molecule has 0 nitrogen and oxygen atoms in total. The van der Waals surface area contributed by atoms with Crippen LogP contribution in [0.25, 0.3) is 11.1 Å². The van der Waals surface area contributed by atoms with Crippen molar-refractivity contribution in [3.8, 4) is 11.1 Å². The molecule has 0 N–H and O–H groups in total. The lowest BCUT2D eigenvalue weighted by molar-refractivity contribution is -0.137. The molecule has 21 heavy (non-hydrogen) atoms. The Balaban J connectivity index is 2.66. The van der Waals surface area contributed by atoms with E-state index in [2.05, 4.69) is 0 Å². The lowest BCUT2D eigenvalue weighted by Gasteiger charge is -2.13. The van der Waals surface area contributed by atoms with Crippen LogP contribution in [-0.2, 0) is 12.1 Å². The van der Waals surface area contributed by atoms with Crippen LogP contribution in [0.2, 0.25) is 15.1 Å². The van der Waals surface area contributed by atoms with Crippen molar-refractivity contribution in [2.24, 2.45) is 0 Å². The third-order valence-electron chi connectivity index (χ3n) is 2.80. The Kier molecular flexibility index (Phi) is 4.99. The number of rotatable bonds is 2. The molecule has 0 radical (unpaired) electrons. The van der Waals surface area contributed by atoms with Gasteiger partial charge in [-0.2, -0.15) is 13.2 Å². The quantitative estimate of drug-likeness (QED) is 0.390. The van der Waals surface area contributed by atoms with Gasteiger partial charge < -0.3 is 0 Å². The standard InChI is InChI=1S/C14H7Cl4F3/c15-6-7-1-8(3-9(2-7)14(19,20)21)10-4-12(17)13(18)5-11(10)16/h1-5H,6H2. The number of alkyl halides is 4. The summed E-state index contributed by atoms with van der Waals surface area (Å²) in [4.78, 5) is 0. The lowest BCUT2D eigenvalue weighted by Crippen LogP contribution is -2.05.